The van der Waals surface area contributed by atoms with Crippen LogP contribution in [0.25, 0.3) is 0 Å². The predicted octanol–water partition coefficient (Wildman–Crippen LogP) is 1.42. The highest BCUT2D eigenvalue weighted by Crippen LogP contribution is 2.21. The van der Waals surface area contributed by atoms with E-state index in [0.29, 0.717) is 5.69 Å². The van der Waals surface area contributed by atoms with E-state index in [-0.39, 0.29) is 5.56 Å². The van der Waals surface area contributed by atoms with Gasteiger partial charge in [-0.15, -0.1) is 0 Å². The number of carboxylic acids is 1. The van der Waals surface area contributed by atoms with Crippen LogP contribution in [-0.4, -0.2) is 28.6 Å². The maximum absolute atomic E-state index is 11.2. The molecule has 0 aliphatic heterocycles. The molecule has 15 heavy (non-hydrogen) atoms. The molecule has 1 aromatic carbocycles. The van der Waals surface area contributed by atoms with Gasteiger partial charge >= 0.3 is 5.97 Å². The summed E-state index contributed by atoms with van der Waals surface area (Å²) in [7, 11) is 0.380. The number of hydrogen-bond donors (Lipinski definition) is 1. The Morgan fingerprint density at radius 1 is 1.47 bits per heavy atom. The standard InChI is InChI=1S/C10H13NO3S/c1-7-4-5-9(11(2)15(3)14)8(6-7)10(12)13/h4-6H,1-3H3,(H,12,13). The Labute approximate surface area is 91.1 Å². The number of aryl methyl sites for hydroxylation is 1. The molecule has 0 aromatic heterocycles. The number of benzene rings is 1. The van der Waals surface area contributed by atoms with Crippen molar-refractivity contribution in [3.8, 4) is 0 Å². The van der Waals surface area contributed by atoms with E-state index in [1.54, 1.807) is 25.2 Å². The molecule has 1 unspecified atom stereocenters. The zero-order chi connectivity index (χ0) is 11.6. The average Bonchev–Trinajstić information content (AvgIpc) is 2.16. The van der Waals surface area contributed by atoms with Crippen molar-refractivity contribution < 1.29 is 14.1 Å². The molecule has 1 N–H and O–H groups in total. The third-order valence-electron chi connectivity index (χ3n) is 2.11. The van der Waals surface area contributed by atoms with Crippen LogP contribution in [0.3, 0.4) is 0 Å². The van der Waals surface area contributed by atoms with Gasteiger partial charge < -0.3 is 5.11 Å². The first-order chi connectivity index (χ1) is 6.93. The summed E-state index contributed by atoms with van der Waals surface area (Å²) in [5.74, 6) is -1.01. The lowest BCUT2D eigenvalue weighted by Gasteiger charge is -2.17. The minimum Gasteiger partial charge on any atom is -0.478 e. The molecule has 82 valence electrons. The molecule has 5 heteroatoms. The molecule has 4 nitrogen and oxygen atoms in total. The highest BCUT2D eigenvalue weighted by Gasteiger charge is 2.15. The van der Waals surface area contributed by atoms with E-state index in [2.05, 4.69) is 0 Å². The van der Waals surface area contributed by atoms with Gasteiger partial charge in [0.25, 0.3) is 0 Å². The molecule has 0 saturated heterocycles. The summed E-state index contributed by atoms with van der Waals surface area (Å²) in [5, 5.41) is 9.00. The van der Waals surface area contributed by atoms with Crippen molar-refractivity contribution in [3.63, 3.8) is 0 Å². The Balaban J connectivity index is 3.28. The average molecular weight is 227 g/mol. The predicted molar refractivity (Wildman–Crippen MR) is 60.6 cm³/mol. The van der Waals surface area contributed by atoms with Gasteiger partial charge in [0, 0.05) is 13.3 Å². The van der Waals surface area contributed by atoms with E-state index in [9.17, 15) is 9.00 Å². The molecule has 0 heterocycles. The second-order valence-electron chi connectivity index (χ2n) is 3.25. The molecule has 0 fully saturated rings. The van der Waals surface area contributed by atoms with Crippen molar-refractivity contribution in [2.75, 3.05) is 17.6 Å². The zero-order valence-electron chi connectivity index (χ0n) is 8.85. The smallest absolute Gasteiger partial charge is 0.337 e. The molecule has 0 aliphatic rings. The van der Waals surface area contributed by atoms with Crippen molar-refractivity contribution in [1.82, 2.24) is 0 Å². The van der Waals surface area contributed by atoms with E-state index in [4.69, 9.17) is 5.11 Å². The highest BCUT2D eigenvalue weighted by atomic mass is 32.2. The van der Waals surface area contributed by atoms with Gasteiger partial charge in [0.15, 0.2) is 0 Å². The van der Waals surface area contributed by atoms with Crippen LogP contribution in [0.4, 0.5) is 5.69 Å². The van der Waals surface area contributed by atoms with Crippen LogP contribution < -0.4 is 4.31 Å². The molecule has 0 radical (unpaired) electrons. The lowest BCUT2D eigenvalue weighted by atomic mass is 10.1. The fraction of sp³-hybridized carbons (Fsp3) is 0.300. The normalized spacial score (nSPS) is 12.2. The number of nitrogens with zero attached hydrogens (tertiary/aromatic N) is 1. The Hall–Kier alpha value is -1.36. The van der Waals surface area contributed by atoms with E-state index in [1.165, 1.54) is 10.6 Å². The SMILES string of the molecule is Cc1ccc(N(C)S(C)=O)c(C(=O)O)c1. The maximum atomic E-state index is 11.2. The number of aromatic carboxylic acids is 1. The lowest BCUT2D eigenvalue weighted by Crippen LogP contribution is -2.21. The van der Waals surface area contributed by atoms with Gasteiger partial charge in [-0.2, -0.15) is 0 Å². The summed E-state index contributed by atoms with van der Waals surface area (Å²) in [5.41, 5.74) is 1.51. The molecule has 1 rings (SSSR count). The summed E-state index contributed by atoms with van der Waals surface area (Å²) in [4.78, 5) is 11.0. The van der Waals surface area contributed by atoms with Gasteiger partial charge in [0.1, 0.15) is 11.0 Å². The zero-order valence-corrected chi connectivity index (χ0v) is 9.67. The molecule has 1 atom stereocenters. The van der Waals surface area contributed by atoms with E-state index < -0.39 is 17.0 Å². The van der Waals surface area contributed by atoms with Crippen molar-refractivity contribution in [3.05, 3.63) is 29.3 Å². The molecule has 0 aliphatic carbocycles. The molecule has 0 amide bonds. The van der Waals surface area contributed by atoms with Gasteiger partial charge in [-0.25, -0.2) is 9.00 Å². The lowest BCUT2D eigenvalue weighted by molar-refractivity contribution is 0.0697. The monoisotopic (exact) mass is 227 g/mol. The quantitative estimate of drug-likeness (QED) is 0.849. The largest absolute Gasteiger partial charge is 0.478 e. The summed E-state index contributed by atoms with van der Waals surface area (Å²) >= 11 is 0. The Kier molecular flexibility index (Phi) is 3.47. The second-order valence-corrected chi connectivity index (χ2v) is 4.64. The third kappa shape index (κ3) is 2.56. The van der Waals surface area contributed by atoms with Crippen LogP contribution in [0.5, 0.6) is 0 Å². The first-order valence-corrected chi connectivity index (χ1v) is 5.86. The Morgan fingerprint density at radius 3 is 2.53 bits per heavy atom. The molecular formula is C10H13NO3S. The number of carbonyl (C=O) groups is 1. The highest BCUT2D eigenvalue weighted by molar-refractivity contribution is 7.85. The summed E-state index contributed by atoms with van der Waals surface area (Å²) in [6.45, 7) is 1.82. The van der Waals surface area contributed by atoms with E-state index in [1.807, 2.05) is 6.92 Å². The van der Waals surface area contributed by atoms with Crippen molar-refractivity contribution in [1.29, 1.82) is 0 Å². The van der Waals surface area contributed by atoms with Crippen LogP contribution >= 0.6 is 0 Å². The van der Waals surface area contributed by atoms with Gasteiger partial charge in [0.2, 0.25) is 0 Å². The van der Waals surface area contributed by atoms with Gasteiger partial charge in [-0.05, 0) is 19.1 Å². The number of rotatable bonds is 3. The number of carboxylic acid groups (broad SMARTS) is 1. The Bertz CT molecular complexity index is 417. The van der Waals surface area contributed by atoms with E-state index >= 15 is 0 Å². The van der Waals surface area contributed by atoms with E-state index in [0.717, 1.165) is 5.56 Å². The summed E-state index contributed by atoms with van der Waals surface area (Å²) in [6.07, 6.45) is 1.51. The summed E-state index contributed by atoms with van der Waals surface area (Å²) < 4.78 is 12.7. The van der Waals surface area contributed by atoms with Gasteiger partial charge in [0.05, 0.1) is 11.3 Å². The van der Waals surface area contributed by atoms with Crippen LogP contribution in [0, 0.1) is 6.92 Å². The minimum absolute atomic E-state index is 0.174. The third-order valence-corrected chi connectivity index (χ3v) is 3.08. The Morgan fingerprint density at radius 2 is 2.07 bits per heavy atom. The second kappa shape index (κ2) is 4.44. The van der Waals surface area contributed by atoms with Gasteiger partial charge in [-0.1, -0.05) is 11.6 Å². The molecule has 0 spiro atoms. The van der Waals surface area contributed by atoms with Gasteiger partial charge in [-0.3, -0.25) is 4.31 Å². The molecule has 0 bridgehead atoms. The maximum Gasteiger partial charge on any atom is 0.337 e. The fourth-order valence-electron chi connectivity index (χ4n) is 1.23. The van der Waals surface area contributed by atoms with Crippen LogP contribution in [0.15, 0.2) is 18.2 Å². The molecule has 1 aromatic rings. The first kappa shape index (κ1) is 11.7. The fourth-order valence-corrected chi connectivity index (χ4v) is 1.67. The van der Waals surface area contributed by atoms with Crippen LogP contribution in [0.1, 0.15) is 15.9 Å². The van der Waals surface area contributed by atoms with Crippen molar-refractivity contribution in [2.24, 2.45) is 0 Å². The summed E-state index contributed by atoms with van der Waals surface area (Å²) in [6, 6.07) is 5.03. The van der Waals surface area contributed by atoms with Crippen molar-refractivity contribution in [2.45, 2.75) is 6.92 Å². The topological polar surface area (TPSA) is 57.6 Å². The molecule has 0 saturated carbocycles. The van der Waals surface area contributed by atoms with Crippen LogP contribution in [0.2, 0.25) is 0 Å². The molecular weight excluding hydrogens is 214 g/mol. The number of hydrogen-bond acceptors (Lipinski definition) is 2. The first-order valence-electron chi connectivity index (χ1n) is 4.34. The number of anilines is 1. The van der Waals surface area contributed by atoms with Crippen LogP contribution in [-0.2, 0) is 11.0 Å². The van der Waals surface area contributed by atoms with Crippen molar-refractivity contribution >= 4 is 22.6 Å². The minimum atomic E-state index is -1.22.